The second kappa shape index (κ2) is 10.0. The Kier molecular flexibility index (Phi) is 12.1. The average molecular weight is 388 g/mol. The molecule has 21 heavy (non-hydrogen) atoms. The maximum absolute atomic E-state index is 11.1. The topological polar surface area (TPSA) is 129 Å². The third-order valence-corrected chi connectivity index (χ3v) is 3.39. The van der Waals surface area contributed by atoms with Crippen LogP contribution in [0.15, 0.2) is 0 Å². The van der Waals surface area contributed by atoms with Gasteiger partial charge in [0.05, 0.1) is 17.8 Å². The third kappa shape index (κ3) is 5.86. The van der Waals surface area contributed by atoms with Crippen molar-refractivity contribution in [3.8, 4) is 0 Å². The molecule has 11 heteroatoms. The summed E-state index contributed by atoms with van der Waals surface area (Å²) >= 11 is 5.15. The molecule has 0 radical (unpaired) electrons. The van der Waals surface area contributed by atoms with Crippen molar-refractivity contribution in [1.82, 2.24) is 0 Å². The first-order valence-corrected chi connectivity index (χ1v) is 5.50. The molecule has 1 aliphatic rings. The first-order chi connectivity index (χ1) is 8.25. The molecule has 0 aromatic rings. The van der Waals surface area contributed by atoms with E-state index in [1.165, 1.54) is 0 Å². The van der Waals surface area contributed by atoms with E-state index in [0.29, 0.717) is 0 Å². The van der Waals surface area contributed by atoms with Gasteiger partial charge in [-0.1, -0.05) is 0 Å². The number of carboxylic acids is 3. The van der Waals surface area contributed by atoms with Crippen LogP contribution in [-0.2, 0) is 19.2 Å². The second-order valence-corrected chi connectivity index (χ2v) is 4.63. The minimum Gasteiger partial charge on any atom is -0.481 e. The molecule has 4 unspecified atom stereocenters. The molecule has 0 aliphatic heterocycles. The van der Waals surface area contributed by atoms with Gasteiger partial charge in [-0.2, -0.15) is 0 Å². The molecule has 1 fully saturated rings. The predicted octanol–water partition coefficient (Wildman–Crippen LogP) is 1.53. The lowest BCUT2D eigenvalue weighted by Crippen LogP contribution is -2.31. The van der Waals surface area contributed by atoms with Gasteiger partial charge in [-0.15, -0.1) is 37.2 Å². The Balaban J connectivity index is -0.00000108. The molecular formula is C10H14Cl4O7. The Bertz CT molecular complexity index is 414. The van der Waals surface area contributed by atoms with Gasteiger partial charge in [0.25, 0.3) is 0 Å². The highest BCUT2D eigenvalue weighted by Gasteiger charge is 2.53. The number of carbonyl (C=O) groups is 4. The lowest BCUT2D eigenvalue weighted by Gasteiger charge is -2.19. The molecule has 1 saturated carbocycles. The van der Waals surface area contributed by atoms with Gasteiger partial charge in [-0.25, -0.2) is 0 Å². The van der Waals surface area contributed by atoms with E-state index in [2.05, 4.69) is 0 Å². The standard InChI is InChI=1S/C10H11ClO7.3ClH/c11-6(12)2-3-4(8(13)14)1-5(9(15)16)7(3)10(17)18;;;/h3-5,7H,1-2H2,(H,13,14)(H,15,16)(H,17,18);3*1H. The van der Waals surface area contributed by atoms with E-state index in [-0.39, 0.29) is 43.6 Å². The molecule has 0 amide bonds. The molecule has 0 aromatic heterocycles. The minimum absolute atomic E-state index is 0. The number of carboxylic acid groups (broad SMARTS) is 3. The van der Waals surface area contributed by atoms with Crippen molar-refractivity contribution in [2.75, 3.05) is 0 Å². The lowest BCUT2D eigenvalue weighted by atomic mass is 9.85. The van der Waals surface area contributed by atoms with Crippen molar-refractivity contribution in [2.24, 2.45) is 23.7 Å². The Morgan fingerprint density at radius 1 is 0.857 bits per heavy atom. The van der Waals surface area contributed by atoms with Crippen LogP contribution in [0.4, 0.5) is 0 Å². The van der Waals surface area contributed by atoms with Gasteiger partial charge in [-0.3, -0.25) is 19.2 Å². The summed E-state index contributed by atoms with van der Waals surface area (Å²) in [6.45, 7) is 0. The maximum Gasteiger partial charge on any atom is 0.307 e. The molecule has 4 atom stereocenters. The van der Waals surface area contributed by atoms with Crippen LogP contribution in [0.5, 0.6) is 0 Å². The Labute approximate surface area is 143 Å². The lowest BCUT2D eigenvalue weighted by molar-refractivity contribution is -0.154. The van der Waals surface area contributed by atoms with E-state index in [4.69, 9.17) is 26.9 Å². The maximum atomic E-state index is 11.1. The summed E-state index contributed by atoms with van der Waals surface area (Å²) in [5.41, 5.74) is 0. The summed E-state index contributed by atoms with van der Waals surface area (Å²) in [6, 6.07) is 0. The van der Waals surface area contributed by atoms with Crippen molar-refractivity contribution < 1.29 is 34.5 Å². The highest BCUT2D eigenvalue weighted by molar-refractivity contribution is 6.63. The number of rotatable bonds is 5. The Morgan fingerprint density at radius 2 is 1.29 bits per heavy atom. The molecule has 0 bridgehead atoms. The van der Waals surface area contributed by atoms with Gasteiger partial charge in [-0.05, 0) is 23.9 Å². The first-order valence-electron chi connectivity index (χ1n) is 5.12. The molecule has 0 saturated heterocycles. The molecule has 0 aromatic carbocycles. The van der Waals surface area contributed by atoms with Crippen LogP contribution in [0, 0.1) is 23.7 Å². The highest BCUT2D eigenvalue weighted by Crippen LogP contribution is 2.44. The van der Waals surface area contributed by atoms with Crippen molar-refractivity contribution in [1.29, 1.82) is 0 Å². The van der Waals surface area contributed by atoms with Gasteiger partial charge in [0.15, 0.2) is 0 Å². The number of hydrogen-bond donors (Lipinski definition) is 3. The monoisotopic (exact) mass is 386 g/mol. The van der Waals surface area contributed by atoms with Crippen molar-refractivity contribution in [3.63, 3.8) is 0 Å². The molecule has 0 heterocycles. The van der Waals surface area contributed by atoms with Crippen molar-refractivity contribution in [2.45, 2.75) is 12.8 Å². The summed E-state index contributed by atoms with van der Waals surface area (Å²) in [6.07, 6.45) is -0.768. The predicted molar refractivity (Wildman–Crippen MR) is 78.7 cm³/mol. The van der Waals surface area contributed by atoms with Crippen LogP contribution in [0.2, 0.25) is 0 Å². The number of carbonyl (C=O) groups excluding carboxylic acids is 1. The molecule has 1 rings (SSSR count). The molecule has 124 valence electrons. The summed E-state index contributed by atoms with van der Waals surface area (Å²) in [5, 5.41) is 26.0. The van der Waals surface area contributed by atoms with Gasteiger partial charge in [0, 0.05) is 6.42 Å². The van der Waals surface area contributed by atoms with E-state index >= 15 is 0 Å². The zero-order valence-corrected chi connectivity index (χ0v) is 13.5. The summed E-state index contributed by atoms with van der Waals surface area (Å²) in [4.78, 5) is 43.8. The van der Waals surface area contributed by atoms with E-state index in [1.54, 1.807) is 0 Å². The van der Waals surface area contributed by atoms with Crippen molar-refractivity contribution in [3.05, 3.63) is 0 Å². The molecular weight excluding hydrogens is 374 g/mol. The van der Waals surface area contributed by atoms with Crippen LogP contribution in [0.1, 0.15) is 12.8 Å². The fourth-order valence-corrected chi connectivity index (χ4v) is 2.67. The third-order valence-electron chi connectivity index (χ3n) is 3.24. The number of hydrogen-bond acceptors (Lipinski definition) is 4. The molecule has 0 spiro atoms. The van der Waals surface area contributed by atoms with Gasteiger partial charge in [0.2, 0.25) is 5.24 Å². The molecule has 1 aliphatic carbocycles. The summed E-state index contributed by atoms with van der Waals surface area (Å²) < 4.78 is 0. The minimum atomic E-state index is -1.42. The van der Waals surface area contributed by atoms with E-state index in [1.807, 2.05) is 0 Å². The van der Waals surface area contributed by atoms with Crippen LogP contribution in [0.3, 0.4) is 0 Å². The van der Waals surface area contributed by atoms with Crippen molar-refractivity contribution >= 4 is 72.0 Å². The number of halogens is 4. The van der Waals surface area contributed by atoms with Gasteiger partial charge < -0.3 is 15.3 Å². The van der Waals surface area contributed by atoms with E-state index < -0.39 is 53.2 Å². The summed E-state index contributed by atoms with van der Waals surface area (Å²) in [7, 11) is 0. The van der Waals surface area contributed by atoms with Gasteiger partial charge in [0.1, 0.15) is 0 Å². The molecule has 3 N–H and O–H groups in total. The second-order valence-electron chi connectivity index (χ2n) is 4.21. The quantitative estimate of drug-likeness (QED) is 0.610. The largest absolute Gasteiger partial charge is 0.481 e. The first kappa shape index (κ1) is 25.2. The zero-order chi connectivity index (χ0) is 14.0. The van der Waals surface area contributed by atoms with Gasteiger partial charge >= 0.3 is 17.9 Å². The van der Waals surface area contributed by atoms with E-state index in [9.17, 15) is 19.2 Å². The average Bonchev–Trinajstić information content (AvgIpc) is 2.56. The van der Waals surface area contributed by atoms with Crippen LogP contribution in [-0.4, -0.2) is 38.5 Å². The number of aliphatic carboxylic acids is 3. The van der Waals surface area contributed by atoms with Crippen LogP contribution in [0.25, 0.3) is 0 Å². The zero-order valence-electron chi connectivity index (χ0n) is 10.3. The normalized spacial score (nSPS) is 26.5. The molecule has 7 nitrogen and oxygen atoms in total. The Morgan fingerprint density at radius 3 is 1.57 bits per heavy atom. The fraction of sp³-hybridized carbons (Fsp3) is 0.600. The smallest absolute Gasteiger partial charge is 0.307 e. The van der Waals surface area contributed by atoms with Crippen LogP contribution < -0.4 is 0 Å². The summed E-state index contributed by atoms with van der Waals surface area (Å²) in [5.74, 6) is -9.11. The Hall–Kier alpha value is -0.760. The van der Waals surface area contributed by atoms with Crippen LogP contribution >= 0.6 is 48.8 Å². The highest BCUT2D eigenvalue weighted by atomic mass is 35.5. The fourth-order valence-electron chi connectivity index (χ4n) is 2.49. The van der Waals surface area contributed by atoms with E-state index in [0.717, 1.165) is 0 Å². The SMILES string of the molecule is Cl.Cl.Cl.O=C(Cl)CC1C(C(=O)O)CC(C(=O)O)C1C(=O)O.